The van der Waals surface area contributed by atoms with Crippen molar-refractivity contribution < 1.29 is 4.79 Å². The van der Waals surface area contributed by atoms with Crippen LogP contribution in [0.25, 0.3) is 0 Å². The number of fused-ring (bicyclic) bond motifs is 2. The first kappa shape index (κ1) is 16.1. The Kier molecular flexibility index (Phi) is 4.00. The molecule has 1 amide bonds. The van der Waals surface area contributed by atoms with E-state index in [0.717, 1.165) is 42.5 Å². The second kappa shape index (κ2) is 6.19. The maximum atomic E-state index is 13.1. The summed E-state index contributed by atoms with van der Waals surface area (Å²) in [5.74, 6) is -0.0801. The molecule has 6 nitrogen and oxygen atoms in total. The summed E-state index contributed by atoms with van der Waals surface area (Å²) in [5, 5.41) is 7.01. The Morgan fingerprint density at radius 1 is 1.28 bits per heavy atom. The van der Waals surface area contributed by atoms with Crippen LogP contribution >= 0.6 is 0 Å². The minimum atomic E-state index is -0.146. The third-order valence-electron chi connectivity index (χ3n) is 5.69. The standard InChI is InChI=1S/C19H23N5O/c1-12-5-8-22-13(2)16(12)18(25)23-17(14-9-20-11-21-10-14)19-6-3-15(24-19)4-7-19/h5,8-11,15,17,24H,3-4,6-7H2,1-2H3,(H,23,25). The molecular formula is C19H23N5O. The average Bonchev–Trinajstić information content (AvgIpc) is 3.22. The predicted octanol–water partition coefficient (Wildman–Crippen LogP) is 2.24. The molecule has 2 fully saturated rings. The average molecular weight is 337 g/mol. The number of nitrogens with zero attached hydrogens (tertiary/aromatic N) is 3. The predicted molar refractivity (Wildman–Crippen MR) is 94.1 cm³/mol. The SMILES string of the molecule is Cc1ccnc(C)c1C(=O)NC(c1cncnc1)C12CCC(CC1)N2. The Balaban J connectivity index is 1.69. The van der Waals surface area contributed by atoms with Gasteiger partial charge in [0, 0.05) is 35.7 Å². The summed E-state index contributed by atoms with van der Waals surface area (Å²) in [6, 6.07) is 2.29. The molecule has 25 heavy (non-hydrogen) atoms. The molecule has 2 bridgehead atoms. The van der Waals surface area contributed by atoms with E-state index >= 15 is 0 Å². The van der Waals surface area contributed by atoms with E-state index in [1.54, 1.807) is 6.20 Å². The first-order valence-electron chi connectivity index (χ1n) is 8.85. The monoisotopic (exact) mass is 337 g/mol. The number of carbonyl (C=O) groups excluding carboxylic acids is 1. The molecule has 1 unspecified atom stereocenters. The number of carbonyl (C=O) groups is 1. The lowest BCUT2D eigenvalue weighted by Crippen LogP contribution is -2.50. The summed E-state index contributed by atoms with van der Waals surface area (Å²) in [7, 11) is 0. The van der Waals surface area contributed by atoms with E-state index in [4.69, 9.17) is 0 Å². The third-order valence-corrected chi connectivity index (χ3v) is 5.69. The highest BCUT2D eigenvalue weighted by Crippen LogP contribution is 2.45. The number of pyridine rings is 1. The first-order chi connectivity index (χ1) is 12.1. The molecule has 2 N–H and O–H groups in total. The quantitative estimate of drug-likeness (QED) is 0.894. The Hall–Kier alpha value is -2.34. The van der Waals surface area contributed by atoms with Crippen molar-refractivity contribution in [3.63, 3.8) is 0 Å². The van der Waals surface area contributed by atoms with E-state index in [9.17, 15) is 4.79 Å². The van der Waals surface area contributed by atoms with Crippen LogP contribution in [-0.2, 0) is 0 Å². The Bertz CT molecular complexity index is 763. The van der Waals surface area contributed by atoms with Crippen molar-refractivity contribution in [1.29, 1.82) is 0 Å². The van der Waals surface area contributed by atoms with E-state index in [1.807, 2.05) is 32.3 Å². The maximum absolute atomic E-state index is 13.1. The summed E-state index contributed by atoms with van der Waals surface area (Å²) in [6.45, 7) is 3.82. The molecule has 0 saturated carbocycles. The molecule has 6 heteroatoms. The van der Waals surface area contributed by atoms with Crippen LogP contribution in [0.15, 0.2) is 31.0 Å². The van der Waals surface area contributed by atoms with Crippen molar-refractivity contribution in [1.82, 2.24) is 25.6 Å². The number of aromatic nitrogens is 3. The van der Waals surface area contributed by atoms with E-state index in [1.165, 1.54) is 6.33 Å². The maximum Gasteiger partial charge on any atom is 0.253 e. The van der Waals surface area contributed by atoms with Crippen LogP contribution in [-0.4, -0.2) is 32.4 Å². The van der Waals surface area contributed by atoms with Gasteiger partial charge in [-0.15, -0.1) is 0 Å². The van der Waals surface area contributed by atoms with Crippen LogP contribution in [0, 0.1) is 13.8 Å². The van der Waals surface area contributed by atoms with Crippen molar-refractivity contribution in [2.75, 3.05) is 0 Å². The van der Waals surface area contributed by atoms with Crippen LogP contribution in [0.5, 0.6) is 0 Å². The Morgan fingerprint density at radius 2 is 2.00 bits per heavy atom. The molecule has 0 aliphatic carbocycles. The summed E-state index contributed by atoms with van der Waals surface area (Å²) in [6.07, 6.45) is 11.3. The van der Waals surface area contributed by atoms with Gasteiger partial charge in [-0.05, 0) is 51.2 Å². The van der Waals surface area contributed by atoms with Crippen molar-refractivity contribution >= 4 is 5.91 Å². The molecule has 2 aliphatic heterocycles. The minimum Gasteiger partial charge on any atom is -0.343 e. The summed E-state index contributed by atoms with van der Waals surface area (Å²) in [4.78, 5) is 25.7. The fourth-order valence-corrected chi connectivity index (χ4v) is 4.44. The third kappa shape index (κ3) is 2.80. The molecule has 0 radical (unpaired) electrons. The fraction of sp³-hybridized carbons (Fsp3) is 0.474. The van der Waals surface area contributed by atoms with E-state index < -0.39 is 0 Å². The van der Waals surface area contributed by atoms with Crippen LogP contribution < -0.4 is 10.6 Å². The summed E-state index contributed by atoms with van der Waals surface area (Å²) in [5.41, 5.74) is 3.20. The highest BCUT2D eigenvalue weighted by molar-refractivity contribution is 5.96. The van der Waals surface area contributed by atoms with Gasteiger partial charge in [0.1, 0.15) is 6.33 Å². The zero-order chi connectivity index (χ0) is 17.4. The fourth-order valence-electron chi connectivity index (χ4n) is 4.44. The van der Waals surface area contributed by atoms with Crippen LogP contribution in [0.1, 0.15) is 58.9 Å². The van der Waals surface area contributed by atoms with Crippen molar-refractivity contribution in [2.45, 2.75) is 57.2 Å². The van der Waals surface area contributed by atoms with E-state index in [0.29, 0.717) is 11.6 Å². The van der Waals surface area contributed by atoms with Gasteiger partial charge in [-0.1, -0.05) is 0 Å². The molecular weight excluding hydrogens is 314 g/mol. The Labute approximate surface area is 147 Å². The largest absolute Gasteiger partial charge is 0.343 e. The molecule has 4 rings (SSSR count). The number of hydrogen-bond donors (Lipinski definition) is 2. The molecule has 2 aromatic rings. The molecule has 1 atom stereocenters. The van der Waals surface area contributed by atoms with Gasteiger partial charge in [-0.25, -0.2) is 9.97 Å². The van der Waals surface area contributed by atoms with Crippen LogP contribution in [0.3, 0.4) is 0 Å². The highest BCUT2D eigenvalue weighted by atomic mass is 16.1. The topological polar surface area (TPSA) is 79.8 Å². The van der Waals surface area contributed by atoms with Crippen LogP contribution in [0.2, 0.25) is 0 Å². The van der Waals surface area contributed by atoms with Crippen molar-refractivity contribution in [3.8, 4) is 0 Å². The smallest absolute Gasteiger partial charge is 0.253 e. The molecule has 130 valence electrons. The van der Waals surface area contributed by atoms with Gasteiger partial charge < -0.3 is 10.6 Å². The second-order valence-electron chi connectivity index (χ2n) is 7.24. The number of rotatable bonds is 4. The van der Waals surface area contributed by atoms with Gasteiger partial charge in [-0.3, -0.25) is 9.78 Å². The second-order valence-corrected chi connectivity index (χ2v) is 7.24. The van der Waals surface area contributed by atoms with Gasteiger partial charge in [0.25, 0.3) is 5.91 Å². The normalized spacial score (nSPS) is 25.8. The van der Waals surface area contributed by atoms with E-state index in [-0.39, 0.29) is 17.5 Å². The van der Waals surface area contributed by atoms with E-state index in [2.05, 4.69) is 25.6 Å². The molecule has 2 saturated heterocycles. The lowest BCUT2D eigenvalue weighted by molar-refractivity contribution is 0.0905. The van der Waals surface area contributed by atoms with Crippen molar-refractivity contribution in [3.05, 3.63) is 53.4 Å². The van der Waals surface area contributed by atoms with Gasteiger partial charge >= 0.3 is 0 Å². The number of amides is 1. The molecule has 2 aliphatic rings. The number of hydrogen-bond acceptors (Lipinski definition) is 5. The number of nitrogens with one attached hydrogen (secondary N) is 2. The minimum absolute atomic E-state index is 0.0801. The summed E-state index contributed by atoms with van der Waals surface area (Å²) < 4.78 is 0. The van der Waals surface area contributed by atoms with Gasteiger partial charge in [-0.2, -0.15) is 0 Å². The summed E-state index contributed by atoms with van der Waals surface area (Å²) >= 11 is 0. The first-order valence-corrected chi connectivity index (χ1v) is 8.85. The Morgan fingerprint density at radius 3 is 2.60 bits per heavy atom. The molecule has 4 heterocycles. The zero-order valence-electron chi connectivity index (χ0n) is 14.6. The van der Waals surface area contributed by atoms with Crippen molar-refractivity contribution in [2.24, 2.45) is 0 Å². The van der Waals surface area contributed by atoms with Gasteiger partial charge in [0.2, 0.25) is 0 Å². The molecule has 0 aromatic carbocycles. The van der Waals surface area contributed by atoms with Crippen LogP contribution in [0.4, 0.5) is 0 Å². The van der Waals surface area contributed by atoms with Gasteiger partial charge in [0.15, 0.2) is 0 Å². The van der Waals surface area contributed by atoms with Gasteiger partial charge in [0.05, 0.1) is 17.3 Å². The molecule has 2 aromatic heterocycles. The lowest BCUT2D eigenvalue weighted by atomic mass is 9.79. The number of aryl methyl sites for hydroxylation is 2. The molecule has 0 spiro atoms. The zero-order valence-corrected chi connectivity index (χ0v) is 14.6. The highest BCUT2D eigenvalue weighted by Gasteiger charge is 2.50. The lowest BCUT2D eigenvalue weighted by Gasteiger charge is -2.36.